The van der Waals surface area contributed by atoms with Gasteiger partial charge in [-0.15, -0.1) is 0 Å². The van der Waals surface area contributed by atoms with Gasteiger partial charge in [-0.05, 0) is 57.0 Å². The molecule has 0 amide bonds. The van der Waals surface area contributed by atoms with Crippen molar-refractivity contribution in [3.05, 3.63) is 36.5 Å². The first-order valence-electron chi connectivity index (χ1n) is 8.36. The zero-order valence-corrected chi connectivity index (χ0v) is 16.5. The first-order valence-corrected chi connectivity index (χ1v) is 10.3. The van der Waals surface area contributed by atoms with Crippen molar-refractivity contribution in [3.8, 4) is 11.1 Å². The van der Waals surface area contributed by atoms with Gasteiger partial charge in [-0.1, -0.05) is 31.6 Å². The van der Waals surface area contributed by atoms with Crippen molar-refractivity contribution in [1.82, 2.24) is 4.98 Å². The summed E-state index contributed by atoms with van der Waals surface area (Å²) in [5.74, 6) is 0.0767. The topological polar surface area (TPSA) is 57.4 Å². The standard InChI is InChI=1S/C17H20BF5N2O2S/c1-16(2)17(3,4)27-18(26-16)14-13(9-10-25-15(14)24)11-5-7-12(8-6-11)28(19,20,21,22)23/h5-10H,1-4H3,(H2,24,25). The molecular formula is C17H20BF5N2O2S. The zero-order valence-electron chi connectivity index (χ0n) is 15.7. The molecule has 2 N–H and O–H groups in total. The zero-order chi connectivity index (χ0) is 21.2. The number of pyridine rings is 1. The Morgan fingerprint density at radius 3 is 1.86 bits per heavy atom. The Bertz CT molecular complexity index is 918. The van der Waals surface area contributed by atoms with Gasteiger partial charge < -0.3 is 15.0 Å². The number of anilines is 1. The summed E-state index contributed by atoms with van der Waals surface area (Å²) in [6.07, 6.45) is 1.37. The third kappa shape index (κ3) is 3.70. The molecule has 0 saturated carbocycles. The van der Waals surface area contributed by atoms with Crippen molar-refractivity contribution in [3.63, 3.8) is 0 Å². The van der Waals surface area contributed by atoms with Gasteiger partial charge in [-0.2, -0.15) is 0 Å². The Hall–Kier alpha value is -1.85. The lowest BCUT2D eigenvalue weighted by Crippen LogP contribution is -2.41. The van der Waals surface area contributed by atoms with Crippen LogP contribution in [0.1, 0.15) is 27.7 Å². The van der Waals surface area contributed by atoms with Gasteiger partial charge in [0.2, 0.25) is 0 Å². The lowest BCUT2D eigenvalue weighted by atomic mass is 9.74. The van der Waals surface area contributed by atoms with E-state index in [4.69, 9.17) is 15.0 Å². The van der Waals surface area contributed by atoms with Gasteiger partial charge in [0.15, 0.2) is 0 Å². The minimum absolute atomic E-state index is 0.0767. The molecule has 1 aliphatic heterocycles. The van der Waals surface area contributed by atoms with E-state index in [-0.39, 0.29) is 11.4 Å². The summed E-state index contributed by atoms with van der Waals surface area (Å²) in [6.45, 7) is 7.34. The molecule has 154 valence electrons. The van der Waals surface area contributed by atoms with Gasteiger partial charge in [-0.3, -0.25) is 0 Å². The molecule has 11 heteroatoms. The molecule has 3 rings (SSSR count). The van der Waals surface area contributed by atoms with Crippen LogP contribution in [-0.2, 0) is 9.31 Å². The molecule has 2 heterocycles. The summed E-state index contributed by atoms with van der Waals surface area (Å²) in [7, 11) is -10.7. The summed E-state index contributed by atoms with van der Waals surface area (Å²) < 4.78 is 76.8. The van der Waals surface area contributed by atoms with E-state index in [0.29, 0.717) is 23.2 Å². The first-order chi connectivity index (χ1) is 12.4. The number of nitrogen functional groups attached to an aromatic ring is 1. The first kappa shape index (κ1) is 20.9. The molecule has 4 nitrogen and oxygen atoms in total. The van der Waals surface area contributed by atoms with E-state index < -0.39 is 33.4 Å². The van der Waals surface area contributed by atoms with E-state index >= 15 is 0 Å². The number of halogens is 5. The van der Waals surface area contributed by atoms with Gasteiger partial charge in [0.05, 0.1) is 11.2 Å². The van der Waals surface area contributed by atoms with E-state index in [1.807, 2.05) is 27.7 Å². The highest BCUT2D eigenvalue weighted by Crippen LogP contribution is 3.02. The third-order valence-corrected chi connectivity index (χ3v) is 6.28. The van der Waals surface area contributed by atoms with E-state index in [1.54, 1.807) is 0 Å². The van der Waals surface area contributed by atoms with E-state index in [2.05, 4.69) is 4.98 Å². The quantitative estimate of drug-likeness (QED) is 0.540. The van der Waals surface area contributed by atoms with Crippen LogP contribution in [0.5, 0.6) is 0 Å². The summed E-state index contributed by atoms with van der Waals surface area (Å²) in [5, 5.41) is 0. The second kappa shape index (κ2) is 5.40. The molecule has 0 aliphatic carbocycles. The van der Waals surface area contributed by atoms with E-state index in [0.717, 1.165) is 12.1 Å². The molecule has 0 atom stereocenters. The molecule has 0 bridgehead atoms. The lowest BCUT2D eigenvalue weighted by Gasteiger charge is -2.40. The Morgan fingerprint density at radius 2 is 1.39 bits per heavy atom. The van der Waals surface area contributed by atoms with Gasteiger partial charge in [0, 0.05) is 11.7 Å². The predicted molar refractivity (Wildman–Crippen MR) is 101 cm³/mol. The molecule has 1 fully saturated rings. The Labute approximate surface area is 160 Å². The molecule has 1 saturated heterocycles. The van der Waals surface area contributed by atoms with Gasteiger partial charge in [0.1, 0.15) is 10.7 Å². The number of hydrogen-bond acceptors (Lipinski definition) is 4. The van der Waals surface area contributed by atoms with Crippen molar-refractivity contribution in [2.75, 3.05) is 5.73 Å². The summed E-state index contributed by atoms with van der Waals surface area (Å²) in [6, 6.07) is 4.18. The fourth-order valence-corrected chi connectivity index (χ4v) is 3.49. The molecule has 1 aromatic carbocycles. The molecule has 0 radical (unpaired) electrons. The number of nitrogens with zero attached hydrogens (tertiary/aromatic N) is 1. The molecule has 28 heavy (non-hydrogen) atoms. The molecule has 1 aromatic heterocycles. The molecule has 0 spiro atoms. The Balaban J connectivity index is 2.08. The molecular weight excluding hydrogens is 402 g/mol. The Morgan fingerprint density at radius 1 is 0.893 bits per heavy atom. The summed E-state index contributed by atoms with van der Waals surface area (Å²) in [5.41, 5.74) is 5.61. The van der Waals surface area contributed by atoms with Gasteiger partial charge >= 0.3 is 17.3 Å². The van der Waals surface area contributed by atoms with Crippen LogP contribution in [0.15, 0.2) is 41.4 Å². The van der Waals surface area contributed by atoms with Crippen molar-refractivity contribution >= 4 is 28.6 Å². The number of rotatable bonds is 3. The van der Waals surface area contributed by atoms with Crippen molar-refractivity contribution < 1.29 is 28.7 Å². The highest BCUT2D eigenvalue weighted by Gasteiger charge is 2.65. The van der Waals surface area contributed by atoms with Crippen molar-refractivity contribution in [1.29, 1.82) is 0 Å². The van der Waals surface area contributed by atoms with Crippen LogP contribution in [0.2, 0.25) is 0 Å². The summed E-state index contributed by atoms with van der Waals surface area (Å²) >= 11 is 0. The lowest BCUT2D eigenvalue weighted by molar-refractivity contribution is 0.00578. The van der Waals surface area contributed by atoms with Gasteiger partial charge in [-0.25, -0.2) is 4.98 Å². The maximum atomic E-state index is 13.0. The second-order valence-electron chi connectivity index (χ2n) is 7.74. The average molecular weight is 422 g/mol. The van der Waals surface area contributed by atoms with Crippen LogP contribution in [0.4, 0.5) is 25.2 Å². The van der Waals surface area contributed by atoms with Crippen LogP contribution in [0.3, 0.4) is 0 Å². The maximum Gasteiger partial charge on any atom is 0.499 e. The second-order valence-corrected chi connectivity index (χ2v) is 10.1. The fraction of sp³-hybridized carbons (Fsp3) is 0.353. The maximum absolute atomic E-state index is 13.0. The molecule has 2 aromatic rings. The smallest absolute Gasteiger partial charge is 0.399 e. The van der Waals surface area contributed by atoms with E-state index in [9.17, 15) is 19.4 Å². The van der Waals surface area contributed by atoms with Crippen LogP contribution in [0, 0.1) is 0 Å². The van der Waals surface area contributed by atoms with Crippen LogP contribution < -0.4 is 11.2 Å². The number of aromatic nitrogens is 1. The highest BCUT2D eigenvalue weighted by atomic mass is 32.5. The van der Waals surface area contributed by atoms with Gasteiger partial charge in [0.25, 0.3) is 0 Å². The number of benzene rings is 1. The number of hydrogen-bond donors (Lipinski definition) is 1. The average Bonchev–Trinajstić information content (AvgIpc) is 2.72. The van der Waals surface area contributed by atoms with Crippen molar-refractivity contribution in [2.45, 2.75) is 43.8 Å². The molecule has 1 aliphatic rings. The van der Waals surface area contributed by atoms with Crippen LogP contribution in [-0.4, -0.2) is 23.3 Å². The highest BCUT2D eigenvalue weighted by molar-refractivity contribution is 8.45. The van der Waals surface area contributed by atoms with Crippen LogP contribution in [0.25, 0.3) is 11.1 Å². The van der Waals surface area contributed by atoms with Crippen molar-refractivity contribution in [2.24, 2.45) is 0 Å². The monoisotopic (exact) mass is 422 g/mol. The Kier molecular flexibility index (Phi) is 4.02. The largest absolute Gasteiger partial charge is 0.499 e. The minimum atomic E-state index is -9.74. The van der Waals surface area contributed by atoms with Crippen LogP contribution >= 0.6 is 10.2 Å². The number of nitrogens with two attached hydrogens (primary N) is 1. The van der Waals surface area contributed by atoms with E-state index in [1.165, 1.54) is 12.3 Å². The SMILES string of the molecule is CC1(C)OB(c2c(-c3ccc(S(F)(F)(F)(F)F)cc3)ccnc2N)OC1(C)C. The third-order valence-electron chi connectivity index (χ3n) is 5.12. The normalized spacial score (nSPS) is 21.2. The predicted octanol–water partition coefficient (Wildman–Crippen LogP) is 5.29. The molecule has 0 unspecified atom stereocenters. The minimum Gasteiger partial charge on any atom is -0.399 e. The fourth-order valence-electron chi connectivity index (χ4n) is 2.84. The summed E-state index contributed by atoms with van der Waals surface area (Å²) in [4.78, 5) is 2.05.